The first kappa shape index (κ1) is 20.7. The first-order valence-electron chi connectivity index (χ1n) is 9.55. The number of morpholine rings is 1. The van der Waals surface area contributed by atoms with Crippen LogP contribution in [-0.2, 0) is 9.53 Å². The molecule has 2 heterocycles. The van der Waals surface area contributed by atoms with E-state index in [2.05, 4.69) is 33.0 Å². The largest absolute Gasteiger partial charge is 0.379 e. The van der Waals surface area contributed by atoms with Gasteiger partial charge in [-0.15, -0.1) is 11.3 Å². The second-order valence-corrected chi connectivity index (χ2v) is 7.92. The normalized spacial score (nSPS) is 17.1. The molecule has 1 fully saturated rings. The Balaban J connectivity index is 1.59. The van der Waals surface area contributed by atoms with Crippen LogP contribution in [0.25, 0.3) is 0 Å². The quantitative estimate of drug-likeness (QED) is 0.666. The fourth-order valence-electron chi connectivity index (χ4n) is 3.23. The molecule has 1 aliphatic heterocycles. The smallest absolute Gasteiger partial charge is 0.241 e. The van der Waals surface area contributed by atoms with E-state index in [1.165, 1.54) is 11.8 Å². The SMILES string of the molecule is CC(=O)c1cccc(NC(=O)C(C)NCC(c2cccs2)N2CCOCC2)c1. The zero-order chi connectivity index (χ0) is 19.9. The summed E-state index contributed by atoms with van der Waals surface area (Å²) in [5.41, 5.74) is 1.22. The van der Waals surface area contributed by atoms with E-state index in [1.807, 2.05) is 6.92 Å². The zero-order valence-electron chi connectivity index (χ0n) is 16.3. The molecule has 2 aromatic rings. The van der Waals surface area contributed by atoms with Gasteiger partial charge in [0.2, 0.25) is 5.91 Å². The molecular formula is C21H27N3O3S. The van der Waals surface area contributed by atoms with Gasteiger partial charge in [0.1, 0.15) is 0 Å². The first-order chi connectivity index (χ1) is 13.5. The Morgan fingerprint density at radius 1 is 1.21 bits per heavy atom. The lowest BCUT2D eigenvalue weighted by molar-refractivity contribution is -0.117. The minimum Gasteiger partial charge on any atom is -0.379 e. The fraction of sp³-hybridized carbons (Fsp3) is 0.429. The highest BCUT2D eigenvalue weighted by atomic mass is 32.1. The van der Waals surface area contributed by atoms with E-state index >= 15 is 0 Å². The molecule has 0 radical (unpaired) electrons. The average molecular weight is 402 g/mol. The maximum absolute atomic E-state index is 12.6. The number of rotatable bonds is 8. The molecule has 0 saturated carbocycles. The van der Waals surface area contributed by atoms with E-state index in [0.717, 1.165) is 26.3 Å². The number of carbonyl (C=O) groups is 2. The Bertz CT molecular complexity index is 788. The molecular weight excluding hydrogens is 374 g/mol. The third kappa shape index (κ3) is 5.48. The molecule has 1 amide bonds. The minimum atomic E-state index is -0.357. The Morgan fingerprint density at radius 2 is 2.00 bits per heavy atom. The molecule has 6 nitrogen and oxygen atoms in total. The molecule has 150 valence electrons. The Morgan fingerprint density at radius 3 is 2.68 bits per heavy atom. The number of benzene rings is 1. The van der Waals surface area contributed by atoms with Gasteiger partial charge in [-0.3, -0.25) is 14.5 Å². The van der Waals surface area contributed by atoms with E-state index < -0.39 is 0 Å². The summed E-state index contributed by atoms with van der Waals surface area (Å²) in [5.74, 6) is -0.140. The molecule has 2 unspecified atom stereocenters. The number of Topliss-reactive ketones (excluding diaryl/α,β-unsaturated/α-hetero) is 1. The van der Waals surface area contributed by atoms with Crippen molar-refractivity contribution in [2.24, 2.45) is 0 Å². The summed E-state index contributed by atoms with van der Waals surface area (Å²) in [6, 6.07) is 11.1. The monoisotopic (exact) mass is 401 g/mol. The highest BCUT2D eigenvalue weighted by molar-refractivity contribution is 7.10. The number of hydrogen-bond donors (Lipinski definition) is 2. The molecule has 1 aromatic carbocycles. The summed E-state index contributed by atoms with van der Waals surface area (Å²) in [4.78, 5) is 27.8. The molecule has 0 spiro atoms. The van der Waals surface area contributed by atoms with Crippen LogP contribution in [-0.4, -0.2) is 55.5 Å². The molecule has 1 saturated heterocycles. The minimum absolute atomic E-state index is 0.0217. The first-order valence-corrected chi connectivity index (χ1v) is 10.4. The zero-order valence-corrected chi connectivity index (χ0v) is 17.1. The van der Waals surface area contributed by atoms with Crippen molar-refractivity contribution in [1.29, 1.82) is 0 Å². The Kier molecular flexibility index (Phi) is 7.33. The number of carbonyl (C=O) groups excluding carboxylic acids is 2. The van der Waals surface area contributed by atoms with Crippen LogP contribution in [0.4, 0.5) is 5.69 Å². The molecule has 1 aliphatic rings. The van der Waals surface area contributed by atoms with E-state index in [9.17, 15) is 9.59 Å². The predicted octanol–water partition coefficient (Wildman–Crippen LogP) is 2.94. The van der Waals surface area contributed by atoms with Crippen molar-refractivity contribution in [3.63, 3.8) is 0 Å². The molecule has 2 atom stereocenters. The fourth-order valence-corrected chi connectivity index (χ4v) is 4.09. The predicted molar refractivity (Wildman–Crippen MR) is 112 cm³/mol. The molecule has 2 N–H and O–H groups in total. The van der Waals surface area contributed by atoms with Crippen LogP contribution in [0.2, 0.25) is 0 Å². The lowest BCUT2D eigenvalue weighted by atomic mass is 10.1. The Labute approximate surface area is 169 Å². The van der Waals surface area contributed by atoms with Gasteiger partial charge in [0.05, 0.1) is 25.3 Å². The van der Waals surface area contributed by atoms with Crippen molar-refractivity contribution in [2.45, 2.75) is 25.9 Å². The molecule has 7 heteroatoms. The summed E-state index contributed by atoms with van der Waals surface area (Å²) in [5, 5.41) is 8.35. The summed E-state index contributed by atoms with van der Waals surface area (Å²) >= 11 is 1.74. The van der Waals surface area contributed by atoms with Crippen LogP contribution in [0.5, 0.6) is 0 Å². The average Bonchev–Trinajstić information content (AvgIpc) is 3.23. The van der Waals surface area contributed by atoms with Crippen molar-refractivity contribution in [1.82, 2.24) is 10.2 Å². The third-order valence-electron chi connectivity index (χ3n) is 4.91. The van der Waals surface area contributed by atoms with Gasteiger partial charge in [0, 0.05) is 35.8 Å². The summed E-state index contributed by atoms with van der Waals surface area (Å²) in [6.07, 6.45) is 0. The number of nitrogens with one attached hydrogen (secondary N) is 2. The van der Waals surface area contributed by atoms with Gasteiger partial charge in [0.25, 0.3) is 0 Å². The topological polar surface area (TPSA) is 70.7 Å². The number of anilines is 1. The van der Waals surface area contributed by atoms with E-state index in [-0.39, 0.29) is 23.8 Å². The van der Waals surface area contributed by atoms with Crippen molar-refractivity contribution in [2.75, 3.05) is 38.2 Å². The molecule has 1 aromatic heterocycles. The summed E-state index contributed by atoms with van der Waals surface area (Å²) < 4.78 is 5.48. The van der Waals surface area contributed by atoms with Gasteiger partial charge in [-0.25, -0.2) is 0 Å². The van der Waals surface area contributed by atoms with Crippen molar-refractivity contribution < 1.29 is 14.3 Å². The van der Waals surface area contributed by atoms with Crippen LogP contribution < -0.4 is 10.6 Å². The number of thiophene rings is 1. The molecule has 3 rings (SSSR count). The number of hydrogen-bond acceptors (Lipinski definition) is 6. The van der Waals surface area contributed by atoms with Crippen molar-refractivity contribution in [3.05, 3.63) is 52.2 Å². The van der Waals surface area contributed by atoms with E-state index in [1.54, 1.807) is 35.6 Å². The van der Waals surface area contributed by atoms with Crippen LogP contribution >= 0.6 is 11.3 Å². The lowest BCUT2D eigenvalue weighted by Crippen LogP contribution is -2.46. The van der Waals surface area contributed by atoms with Gasteiger partial charge in [-0.1, -0.05) is 18.2 Å². The van der Waals surface area contributed by atoms with Gasteiger partial charge in [-0.2, -0.15) is 0 Å². The second kappa shape index (κ2) is 9.93. The van der Waals surface area contributed by atoms with E-state index in [4.69, 9.17) is 4.74 Å². The highest BCUT2D eigenvalue weighted by Gasteiger charge is 2.24. The summed E-state index contributed by atoms with van der Waals surface area (Å²) in [6.45, 7) is 7.32. The maximum Gasteiger partial charge on any atom is 0.241 e. The number of ketones is 1. The highest BCUT2D eigenvalue weighted by Crippen LogP contribution is 2.25. The Hall–Kier alpha value is -2.06. The van der Waals surface area contributed by atoms with Crippen LogP contribution in [0.15, 0.2) is 41.8 Å². The summed E-state index contributed by atoms with van der Waals surface area (Å²) in [7, 11) is 0. The number of amides is 1. The molecule has 0 bridgehead atoms. The van der Waals surface area contributed by atoms with Gasteiger partial charge < -0.3 is 15.4 Å². The maximum atomic E-state index is 12.6. The number of ether oxygens (including phenoxy) is 1. The van der Waals surface area contributed by atoms with Crippen LogP contribution in [0, 0.1) is 0 Å². The van der Waals surface area contributed by atoms with Gasteiger partial charge in [-0.05, 0) is 37.4 Å². The number of nitrogens with zero attached hydrogens (tertiary/aromatic N) is 1. The van der Waals surface area contributed by atoms with Crippen molar-refractivity contribution >= 4 is 28.7 Å². The van der Waals surface area contributed by atoms with Crippen LogP contribution in [0.1, 0.15) is 35.1 Å². The van der Waals surface area contributed by atoms with Gasteiger partial charge in [0.15, 0.2) is 5.78 Å². The van der Waals surface area contributed by atoms with E-state index in [0.29, 0.717) is 17.8 Å². The standard InChI is InChI=1S/C21H27N3O3S/c1-15(21(26)23-18-6-3-5-17(13-18)16(2)25)22-14-19(20-7-4-12-28-20)24-8-10-27-11-9-24/h3-7,12-13,15,19,22H,8-11,14H2,1-2H3,(H,23,26). The van der Waals surface area contributed by atoms with Crippen molar-refractivity contribution in [3.8, 4) is 0 Å². The van der Waals surface area contributed by atoms with Crippen LogP contribution in [0.3, 0.4) is 0 Å². The molecule has 0 aliphatic carbocycles. The second-order valence-electron chi connectivity index (χ2n) is 6.94. The van der Waals surface area contributed by atoms with Gasteiger partial charge >= 0.3 is 0 Å². The molecule has 28 heavy (non-hydrogen) atoms. The lowest BCUT2D eigenvalue weighted by Gasteiger charge is -2.34. The third-order valence-corrected chi connectivity index (χ3v) is 5.88.